The molecule has 0 aliphatic carbocycles. The molecular formula is C24H26N4O2. The molecule has 1 amide bonds. The smallest absolute Gasteiger partial charge is 0.257 e. The maximum Gasteiger partial charge on any atom is 0.257 e. The summed E-state index contributed by atoms with van der Waals surface area (Å²) in [6.07, 6.45) is 4.79. The van der Waals surface area contributed by atoms with Crippen LogP contribution in [-0.2, 0) is 0 Å². The predicted octanol–water partition coefficient (Wildman–Crippen LogP) is 4.90. The van der Waals surface area contributed by atoms with Crippen molar-refractivity contribution in [2.24, 2.45) is 0 Å². The van der Waals surface area contributed by atoms with Crippen LogP contribution in [0.4, 0.5) is 11.4 Å². The van der Waals surface area contributed by atoms with E-state index < -0.39 is 0 Å². The predicted molar refractivity (Wildman–Crippen MR) is 118 cm³/mol. The minimum atomic E-state index is -0.0256. The van der Waals surface area contributed by atoms with Gasteiger partial charge in [-0.05, 0) is 64.3 Å². The molecule has 1 saturated heterocycles. The molecule has 1 atom stereocenters. The van der Waals surface area contributed by atoms with Crippen LogP contribution in [0.3, 0.4) is 0 Å². The maximum atomic E-state index is 13.5. The molecule has 2 aromatic heterocycles. The second kappa shape index (κ2) is 8.22. The van der Waals surface area contributed by atoms with Crippen LogP contribution in [0.2, 0.25) is 0 Å². The van der Waals surface area contributed by atoms with Crippen LogP contribution < -0.4 is 5.32 Å². The summed E-state index contributed by atoms with van der Waals surface area (Å²) in [7, 11) is 0. The molecule has 3 aromatic rings. The molecule has 0 bridgehead atoms. The number of fused-ring (bicyclic) bond motifs is 1. The molecule has 154 valence electrons. The Balaban J connectivity index is 1.82. The van der Waals surface area contributed by atoms with Crippen molar-refractivity contribution in [1.29, 1.82) is 0 Å². The van der Waals surface area contributed by atoms with Gasteiger partial charge in [0.25, 0.3) is 5.91 Å². The van der Waals surface area contributed by atoms with Gasteiger partial charge in [-0.3, -0.25) is 9.59 Å². The fourth-order valence-corrected chi connectivity index (χ4v) is 3.98. The number of hydrogen-bond donors (Lipinski definition) is 1. The summed E-state index contributed by atoms with van der Waals surface area (Å²) in [5.41, 5.74) is 4.01. The zero-order chi connectivity index (χ0) is 21.3. The number of nitrogens with zero attached hydrogens (tertiary/aromatic N) is 3. The lowest BCUT2D eigenvalue weighted by Gasteiger charge is -2.34. The minimum absolute atomic E-state index is 0.00558. The van der Waals surface area contributed by atoms with Crippen LogP contribution in [0.15, 0.2) is 42.6 Å². The summed E-state index contributed by atoms with van der Waals surface area (Å²) in [6, 6.07) is 11.4. The highest BCUT2D eigenvalue weighted by Gasteiger charge is 2.27. The molecule has 0 unspecified atom stereocenters. The Hall–Kier alpha value is -3.28. The number of hydrogen-bond acceptors (Lipinski definition) is 5. The summed E-state index contributed by atoms with van der Waals surface area (Å²) in [5.74, 6) is -0.0311. The van der Waals surface area contributed by atoms with E-state index >= 15 is 0 Å². The minimum Gasteiger partial charge on any atom is -0.354 e. The average Bonchev–Trinajstić information content (AvgIpc) is 2.74. The summed E-state index contributed by atoms with van der Waals surface area (Å²) in [5, 5.41) is 4.17. The largest absolute Gasteiger partial charge is 0.354 e. The lowest BCUT2D eigenvalue weighted by molar-refractivity contribution is 0.0636. The molecule has 0 radical (unpaired) electrons. The monoisotopic (exact) mass is 402 g/mol. The highest BCUT2D eigenvalue weighted by Crippen LogP contribution is 2.31. The molecule has 0 saturated carbocycles. The number of carbonyl (C=O) groups is 2. The third-order valence-electron chi connectivity index (χ3n) is 5.70. The van der Waals surface area contributed by atoms with E-state index in [1.807, 2.05) is 36.1 Å². The Bertz CT molecular complexity index is 1130. The number of carbonyl (C=O) groups excluding carboxylic acids is 2. The second-order valence-corrected chi connectivity index (χ2v) is 7.98. The number of aryl methyl sites for hydroxylation is 1. The zero-order valence-corrected chi connectivity index (χ0v) is 17.6. The van der Waals surface area contributed by atoms with Gasteiger partial charge < -0.3 is 10.2 Å². The van der Waals surface area contributed by atoms with Crippen LogP contribution in [0.25, 0.3) is 11.0 Å². The zero-order valence-electron chi connectivity index (χ0n) is 17.6. The number of ketones is 1. The van der Waals surface area contributed by atoms with Crippen molar-refractivity contribution in [3.63, 3.8) is 0 Å². The topological polar surface area (TPSA) is 75.2 Å². The average molecular weight is 402 g/mol. The Morgan fingerprint density at radius 3 is 2.77 bits per heavy atom. The van der Waals surface area contributed by atoms with Gasteiger partial charge >= 0.3 is 0 Å². The third kappa shape index (κ3) is 3.90. The van der Waals surface area contributed by atoms with Crippen molar-refractivity contribution in [2.45, 2.75) is 46.1 Å². The van der Waals surface area contributed by atoms with Gasteiger partial charge in [0.15, 0.2) is 11.4 Å². The van der Waals surface area contributed by atoms with Crippen LogP contribution in [0.1, 0.15) is 59.5 Å². The summed E-state index contributed by atoms with van der Waals surface area (Å²) in [6.45, 7) is 6.31. The lowest BCUT2D eigenvalue weighted by Crippen LogP contribution is -2.42. The Morgan fingerprint density at radius 1 is 1.17 bits per heavy atom. The van der Waals surface area contributed by atoms with Crippen molar-refractivity contribution < 1.29 is 9.59 Å². The number of anilines is 2. The number of likely N-dealkylation sites (tertiary alicyclic amines) is 1. The van der Waals surface area contributed by atoms with Crippen molar-refractivity contribution >= 4 is 34.1 Å². The fourth-order valence-electron chi connectivity index (χ4n) is 3.98. The van der Waals surface area contributed by atoms with Crippen molar-refractivity contribution in [1.82, 2.24) is 14.9 Å². The first-order valence-corrected chi connectivity index (χ1v) is 10.4. The van der Waals surface area contributed by atoms with Crippen LogP contribution >= 0.6 is 0 Å². The Labute approximate surface area is 176 Å². The number of rotatable bonds is 4. The standard InChI is InChI=1S/C24H26N4O2/c1-15-10-11-20-22(27-19-9-6-8-18(13-19)17(3)29)21(14-25-23(20)26-15)24(30)28-12-5-4-7-16(28)2/h6,8-11,13-14,16H,4-5,7,12H2,1-3H3,(H,25,26,27)/t16-/m0/s1. The molecule has 6 nitrogen and oxygen atoms in total. The molecule has 0 spiro atoms. The quantitative estimate of drug-likeness (QED) is 0.628. The first-order chi connectivity index (χ1) is 14.4. The van der Waals surface area contributed by atoms with Gasteiger partial charge in [-0.15, -0.1) is 0 Å². The van der Waals surface area contributed by atoms with Crippen molar-refractivity contribution in [3.8, 4) is 0 Å². The van der Waals surface area contributed by atoms with Crippen molar-refractivity contribution in [3.05, 3.63) is 59.4 Å². The van der Waals surface area contributed by atoms with Crippen LogP contribution in [0.5, 0.6) is 0 Å². The van der Waals surface area contributed by atoms with Gasteiger partial charge in [-0.2, -0.15) is 0 Å². The first kappa shape index (κ1) is 20.0. The molecule has 6 heteroatoms. The highest BCUT2D eigenvalue weighted by molar-refractivity contribution is 6.07. The van der Waals surface area contributed by atoms with Gasteiger partial charge in [-0.1, -0.05) is 12.1 Å². The summed E-state index contributed by atoms with van der Waals surface area (Å²) < 4.78 is 0. The fraction of sp³-hybridized carbons (Fsp3) is 0.333. The third-order valence-corrected chi connectivity index (χ3v) is 5.70. The van der Waals surface area contributed by atoms with E-state index in [1.54, 1.807) is 25.3 Å². The Kier molecular flexibility index (Phi) is 5.48. The molecular weight excluding hydrogens is 376 g/mol. The molecule has 1 aliphatic rings. The Morgan fingerprint density at radius 2 is 2.00 bits per heavy atom. The second-order valence-electron chi connectivity index (χ2n) is 7.98. The number of benzene rings is 1. The molecule has 30 heavy (non-hydrogen) atoms. The number of pyridine rings is 2. The molecule has 1 fully saturated rings. The maximum absolute atomic E-state index is 13.5. The highest BCUT2D eigenvalue weighted by atomic mass is 16.2. The normalized spacial score (nSPS) is 16.5. The van der Waals surface area contributed by atoms with Gasteiger partial charge in [-0.25, -0.2) is 9.97 Å². The van der Waals surface area contributed by atoms with Crippen LogP contribution in [0, 0.1) is 6.92 Å². The first-order valence-electron chi connectivity index (χ1n) is 10.4. The van der Waals surface area contributed by atoms with E-state index in [-0.39, 0.29) is 17.7 Å². The van der Waals surface area contributed by atoms with Gasteiger partial charge in [0.2, 0.25) is 0 Å². The summed E-state index contributed by atoms with van der Waals surface area (Å²) in [4.78, 5) is 36.2. The molecule has 4 rings (SSSR count). The number of aromatic nitrogens is 2. The number of nitrogens with one attached hydrogen (secondary N) is 1. The number of Topliss-reactive ketones (excluding diaryl/α,β-unsaturated/α-hetero) is 1. The van der Waals surface area contributed by atoms with Gasteiger partial charge in [0, 0.05) is 41.1 Å². The van der Waals surface area contributed by atoms with E-state index in [2.05, 4.69) is 22.2 Å². The van der Waals surface area contributed by atoms with Crippen molar-refractivity contribution in [2.75, 3.05) is 11.9 Å². The molecule has 1 aromatic carbocycles. The molecule has 1 aliphatic heterocycles. The molecule has 3 heterocycles. The van der Waals surface area contributed by atoms with E-state index in [0.29, 0.717) is 22.5 Å². The van der Waals surface area contributed by atoms with E-state index in [0.717, 1.165) is 42.6 Å². The van der Waals surface area contributed by atoms with Gasteiger partial charge in [0.05, 0.1) is 11.3 Å². The lowest BCUT2D eigenvalue weighted by atomic mass is 10.0. The SMILES string of the molecule is CC(=O)c1cccc(Nc2c(C(=O)N3CCCC[C@@H]3C)cnc3nc(C)ccc23)c1. The number of amides is 1. The number of piperidine rings is 1. The van der Waals surface area contributed by atoms with E-state index in [9.17, 15) is 9.59 Å². The van der Waals surface area contributed by atoms with Gasteiger partial charge in [0.1, 0.15) is 0 Å². The van der Waals surface area contributed by atoms with E-state index in [4.69, 9.17) is 0 Å². The molecule has 1 N–H and O–H groups in total. The van der Waals surface area contributed by atoms with Crippen LogP contribution in [-0.4, -0.2) is 39.1 Å². The summed E-state index contributed by atoms with van der Waals surface area (Å²) >= 11 is 0. The van der Waals surface area contributed by atoms with E-state index in [1.165, 1.54) is 0 Å².